The van der Waals surface area contributed by atoms with Crippen molar-refractivity contribution in [2.24, 2.45) is 0 Å². The molecule has 0 spiro atoms. The summed E-state index contributed by atoms with van der Waals surface area (Å²) in [5.74, 6) is -2.98. The van der Waals surface area contributed by atoms with Crippen LogP contribution in [0.4, 0.5) is 14.5 Å². The van der Waals surface area contributed by atoms with E-state index in [-0.39, 0.29) is 17.0 Å². The highest BCUT2D eigenvalue weighted by Crippen LogP contribution is 2.29. The summed E-state index contributed by atoms with van der Waals surface area (Å²) < 4.78 is 55.9. The highest BCUT2D eigenvalue weighted by atomic mass is 35.5. The lowest BCUT2D eigenvalue weighted by atomic mass is 10.00. The van der Waals surface area contributed by atoms with Crippen LogP contribution in [0.1, 0.15) is 29.3 Å². The van der Waals surface area contributed by atoms with Crippen molar-refractivity contribution in [3.8, 4) is 11.1 Å². The molecule has 0 unspecified atom stereocenters. The van der Waals surface area contributed by atoms with Crippen LogP contribution in [0.5, 0.6) is 0 Å². The topological polar surface area (TPSA) is 126 Å². The SMILES string of the molecule is CCCS(=O)(=O)O.Nc1ccc(F)c(C(=O)c2c[nH]c3ncc(-c4ccc(Cl)cc4)cc23)c1F. The minimum atomic E-state index is -3.67. The summed E-state index contributed by atoms with van der Waals surface area (Å²) in [4.78, 5) is 19.9. The average molecular weight is 508 g/mol. The van der Waals surface area contributed by atoms with Crippen molar-refractivity contribution in [1.82, 2.24) is 9.97 Å². The summed E-state index contributed by atoms with van der Waals surface area (Å²) in [7, 11) is -3.67. The Morgan fingerprint density at radius 3 is 2.41 bits per heavy atom. The maximum atomic E-state index is 14.3. The smallest absolute Gasteiger partial charge is 0.264 e. The van der Waals surface area contributed by atoms with Crippen LogP contribution < -0.4 is 5.73 Å². The fourth-order valence-corrected chi connectivity index (χ4v) is 3.80. The first-order valence-corrected chi connectivity index (χ1v) is 12.0. The molecule has 4 rings (SSSR count). The Balaban J connectivity index is 0.000000406. The second kappa shape index (κ2) is 10.3. The van der Waals surface area contributed by atoms with E-state index in [1.54, 1.807) is 31.3 Å². The predicted octanol–water partition coefficient (Wildman–Crippen LogP) is 5.26. The first-order chi connectivity index (χ1) is 16.0. The zero-order valence-electron chi connectivity index (χ0n) is 17.8. The number of hydrogen-bond donors (Lipinski definition) is 3. The van der Waals surface area contributed by atoms with Crippen LogP contribution in [-0.4, -0.2) is 34.5 Å². The van der Waals surface area contributed by atoms with E-state index < -0.39 is 33.1 Å². The lowest BCUT2D eigenvalue weighted by molar-refractivity contribution is 0.103. The molecule has 0 saturated carbocycles. The van der Waals surface area contributed by atoms with Crippen LogP contribution in [0.2, 0.25) is 5.02 Å². The predicted molar refractivity (Wildman–Crippen MR) is 127 cm³/mol. The molecule has 0 atom stereocenters. The van der Waals surface area contributed by atoms with Gasteiger partial charge < -0.3 is 10.7 Å². The molecule has 0 radical (unpaired) electrons. The molecule has 4 N–H and O–H groups in total. The molecule has 2 aromatic heterocycles. The zero-order chi connectivity index (χ0) is 25.0. The van der Waals surface area contributed by atoms with Crippen LogP contribution in [0, 0.1) is 11.6 Å². The van der Waals surface area contributed by atoms with Gasteiger partial charge in [-0.3, -0.25) is 9.35 Å². The van der Waals surface area contributed by atoms with Crippen LogP contribution in [-0.2, 0) is 10.1 Å². The molecule has 2 heterocycles. The molecule has 0 aliphatic carbocycles. The maximum Gasteiger partial charge on any atom is 0.264 e. The third-order valence-electron chi connectivity index (χ3n) is 4.76. The van der Waals surface area contributed by atoms with E-state index in [9.17, 15) is 22.0 Å². The van der Waals surface area contributed by atoms with Crippen LogP contribution in [0.15, 0.2) is 54.9 Å². The van der Waals surface area contributed by atoms with E-state index in [1.807, 2.05) is 12.1 Å². The fourth-order valence-electron chi connectivity index (χ4n) is 3.16. The number of fused-ring (bicyclic) bond motifs is 1. The second-order valence-electron chi connectivity index (χ2n) is 7.27. The van der Waals surface area contributed by atoms with Crippen molar-refractivity contribution in [2.45, 2.75) is 13.3 Å². The first-order valence-electron chi connectivity index (χ1n) is 9.98. The van der Waals surface area contributed by atoms with Gasteiger partial charge in [0.25, 0.3) is 10.1 Å². The molecule has 11 heteroatoms. The number of aromatic nitrogens is 2. The summed E-state index contributed by atoms with van der Waals surface area (Å²) in [5, 5.41) is 1.05. The molecule has 0 fully saturated rings. The Kier molecular flexibility index (Phi) is 7.65. The van der Waals surface area contributed by atoms with E-state index >= 15 is 0 Å². The van der Waals surface area contributed by atoms with Crippen LogP contribution in [0.25, 0.3) is 22.2 Å². The summed E-state index contributed by atoms with van der Waals surface area (Å²) in [6.07, 6.45) is 3.49. The molecule has 178 valence electrons. The van der Waals surface area contributed by atoms with Gasteiger partial charge in [0.15, 0.2) is 5.82 Å². The van der Waals surface area contributed by atoms with Gasteiger partial charge in [-0.15, -0.1) is 0 Å². The summed E-state index contributed by atoms with van der Waals surface area (Å²) in [6, 6.07) is 10.9. The number of rotatable bonds is 5. The first kappa shape index (κ1) is 25.3. The number of carbonyl (C=O) groups excluding carboxylic acids is 1. The number of nitrogens with one attached hydrogen (secondary N) is 1. The Morgan fingerprint density at radius 1 is 1.15 bits per heavy atom. The maximum absolute atomic E-state index is 14.3. The van der Waals surface area contributed by atoms with E-state index in [4.69, 9.17) is 21.9 Å². The molecule has 0 saturated heterocycles. The van der Waals surface area contributed by atoms with Gasteiger partial charge in [-0.2, -0.15) is 8.42 Å². The van der Waals surface area contributed by atoms with Crippen molar-refractivity contribution in [3.63, 3.8) is 0 Å². The zero-order valence-corrected chi connectivity index (χ0v) is 19.4. The van der Waals surface area contributed by atoms with Gasteiger partial charge in [0.1, 0.15) is 11.5 Å². The quantitative estimate of drug-likeness (QED) is 0.192. The monoisotopic (exact) mass is 507 g/mol. The van der Waals surface area contributed by atoms with E-state index in [0.717, 1.165) is 23.3 Å². The minimum Gasteiger partial charge on any atom is -0.396 e. The number of benzene rings is 2. The number of nitrogens with two attached hydrogens (primary N) is 1. The van der Waals surface area contributed by atoms with Crippen molar-refractivity contribution in [2.75, 3.05) is 11.5 Å². The Labute approximate surface area is 199 Å². The Morgan fingerprint density at radius 2 is 1.82 bits per heavy atom. The van der Waals surface area contributed by atoms with Gasteiger partial charge >= 0.3 is 0 Å². The number of aromatic amines is 1. The number of anilines is 1. The third kappa shape index (κ3) is 5.77. The van der Waals surface area contributed by atoms with Crippen molar-refractivity contribution in [3.05, 3.63) is 82.6 Å². The normalized spacial score (nSPS) is 11.2. The molecular weight excluding hydrogens is 488 g/mol. The van der Waals surface area contributed by atoms with Gasteiger partial charge in [0, 0.05) is 33.9 Å². The number of H-pyrrole nitrogens is 1. The highest BCUT2D eigenvalue weighted by Gasteiger charge is 2.23. The molecule has 0 aliphatic heterocycles. The number of nitrogen functional groups attached to an aromatic ring is 1. The number of ketones is 1. The van der Waals surface area contributed by atoms with E-state index in [0.29, 0.717) is 22.5 Å². The number of nitrogens with zero attached hydrogens (tertiary/aromatic N) is 1. The minimum absolute atomic E-state index is 0.108. The van der Waals surface area contributed by atoms with Crippen molar-refractivity contribution < 1.29 is 26.5 Å². The Bertz CT molecular complexity index is 1460. The number of pyridine rings is 1. The molecule has 0 amide bonds. The standard InChI is InChI=1S/C20H12ClF2N3O.C3H8O3S/c21-12-3-1-10(2-4-12)11-7-13-14(9-26-20(13)25-8-11)19(27)17-15(22)5-6-16(24)18(17)23;1-2-3-7(4,5)6/h1-9H,24H2,(H,25,26);2-3H2,1H3,(H,4,5,6). The number of hydrogen-bond acceptors (Lipinski definition) is 5. The number of halogens is 3. The average Bonchev–Trinajstić information content (AvgIpc) is 3.20. The largest absolute Gasteiger partial charge is 0.396 e. The summed E-state index contributed by atoms with van der Waals surface area (Å²) in [5.41, 5.74) is 6.62. The van der Waals surface area contributed by atoms with Crippen molar-refractivity contribution in [1.29, 1.82) is 0 Å². The van der Waals surface area contributed by atoms with Gasteiger partial charge in [-0.05, 0) is 42.3 Å². The highest BCUT2D eigenvalue weighted by molar-refractivity contribution is 7.85. The molecule has 0 aliphatic rings. The molecule has 2 aromatic carbocycles. The van der Waals surface area contributed by atoms with Gasteiger partial charge in [0.05, 0.1) is 17.0 Å². The summed E-state index contributed by atoms with van der Waals surface area (Å²) in [6.45, 7) is 1.69. The van der Waals surface area contributed by atoms with Gasteiger partial charge in [0.2, 0.25) is 5.78 Å². The third-order valence-corrected chi connectivity index (χ3v) is 5.94. The van der Waals surface area contributed by atoms with Crippen molar-refractivity contribution >= 4 is 44.2 Å². The lowest BCUT2D eigenvalue weighted by Crippen LogP contribution is -2.09. The molecular formula is C23H20ClF2N3O4S. The van der Waals surface area contributed by atoms with Gasteiger partial charge in [-0.25, -0.2) is 13.8 Å². The Hall–Kier alpha value is -3.34. The van der Waals surface area contributed by atoms with E-state index in [2.05, 4.69) is 9.97 Å². The molecule has 34 heavy (non-hydrogen) atoms. The number of carbonyl (C=O) groups is 1. The van der Waals surface area contributed by atoms with E-state index in [1.165, 1.54) is 6.20 Å². The summed E-state index contributed by atoms with van der Waals surface area (Å²) >= 11 is 5.91. The van der Waals surface area contributed by atoms with Crippen LogP contribution >= 0.6 is 11.6 Å². The lowest BCUT2D eigenvalue weighted by Gasteiger charge is -2.06. The van der Waals surface area contributed by atoms with Gasteiger partial charge in [-0.1, -0.05) is 30.7 Å². The second-order valence-corrected chi connectivity index (χ2v) is 9.28. The molecule has 0 bridgehead atoms. The fraction of sp³-hybridized carbons (Fsp3) is 0.130. The van der Waals surface area contributed by atoms with Crippen LogP contribution in [0.3, 0.4) is 0 Å². The molecule has 7 nitrogen and oxygen atoms in total. The molecule has 4 aromatic rings.